The number of nitrogens with zero attached hydrogens (tertiary/aromatic N) is 3. The van der Waals surface area contributed by atoms with Gasteiger partial charge in [-0.15, -0.1) is 0 Å². The predicted octanol–water partition coefficient (Wildman–Crippen LogP) is 1.81. The molecule has 1 aliphatic heterocycles. The Morgan fingerprint density at radius 1 is 1.23 bits per heavy atom. The van der Waals surface area contributed by atoms with Crippen LogP contribution in [0.3, 0.4) is 0 Å². The molecule has 4 amide bonds. The SMILES string of the molecule is Cc1ccc(C)c(OCCCN(C)C(=O)C[C@@H]2C(=O)N(C)C(=O)N2C)c1. The standard InChI is InChI=1S/C19H27N3O4/c1-13-7-8-14(2)16(11-13)26-10-6-9-20(3)17(23)12-15-18(24)22(5)19(25)21(15)4/h7-8,11,15H,6,9-10,12H2,1-5H3/t15-/m1/s1. The van der Waals surface area contributed by atoms with Crippen LogP contribution in [0.15, 0.2) is 18.2 Å². The van der Waals surface area contributed by atoms with Crippen LogP contribution in [0.2, 0.25) is 0 Å². The highest BCUT2D eigenvalue weighted by atomic mass is 16.5. The van der Waals surface area contributed by atoms with E-state index in [0.717, 1.165) is 21.8 Å². The molecule has 0 N–H and O–H groups in total. The molecule has 1 saturated heterocycles. The average molecular weight is 361 g/mol. The Balaban J connectivity index is 1.78. The van der Waals surface area contributed by atoms with Gasteiger partial charge in [0.1, 0.15) is 11.8 Å². The molecular formula is C19H27N3O4. The summed E-state index contributed by atoms with van der Waals surface area (Å²) in [5.41, 5.74) is 2.22. The van der Waals surface area contributed by atoms with E-state index >= 15 is 0 Å². The summed E-state index contributed by atoms with van der Waals surface area (Å²) < 4.78 is 5.79. The minimum absolute atomic E-state index is 0.000239. The second-order valence-corrected chi connectivity index (χ2v) is 6.80. The van der Waals surface area contributed by atoms with Gasteiger partial charge in [-0.3, -0.25) is 14.5 Å². The molecule has 1 heterocycles. The summed E-state index contributed by atoms with van der Waals surface area (Å²) in [4.78, 5) is 40.1. The molecule has 142 valence electrons. The number of urea groups is 1. The zero-order valence-corrected chi connectivity index (χ0v) is 16.1. The summed E-state index contributed by atoms with van der Waals surface area (Å²) >= 11 is 0. The lowest BCUT2D eigenvalue weighted by Crippen LogP contribution is -2.38. The van der Waals surface area contributed by atoms with E-state index in [4.69, 9.17) is 4.74 Å². The molecule has 2 rings (SSSR count). The maximum atomic E-state index is 12.3. The van der Waals surface area contributed by atoms with Crippen LogP contribution in [0.1, 0.15) is 24.0 Å². The molecule has 0 aromatic heterocycles. The fourth-order valence-electron chi connectivity index (χ4n) is 2.87. The first-order valence-corrected chi connectivity index (χ1v) is 8.70. The van der Waals surface area contributed by atoms with Crippen LogP contribution in [0.25, 0.3) is 0 Å². The van der Waals surface area contributed by atoms with Crippen LogP contribution in [-0.2, 0) is 9.59 Å². The van der Waals surface area contributed by atoms with Gasteiger partial charge >= 0.3 is 6.03 Å². The van der Waals surface area contributed by atoms with Crippen LogP contribution in [0.5, 0.6) is 5.75 Å². The Morgan fingerprint density at radius 2 is 1.92 bits per heavy atom. The lowest BCUT2D eigenvalue weighted by Gasteiger charge is -2.21. The maximum Gasteiger partial charge on any atom is 0.326 e. The monoisotopic (exact) mass is 361 g/mol. The molecule has 0 aliphatic carbocycles. The van der Waals surface area contributed by atoms with Crippen molar-refractivity contribution < 1.29 is 19.1 Å². The van der Waals surface area contributed by atoms with Gasteiger partial charge in [0.05, 0.1) is 13.0 Å². The van der Waals surface area contributed by atoms with Gasteiger partial charge in [-0.1, -0.05) is 12.1 Å². The number of ether oxygens (including phenoxy) is 1. The molecule has 1 aliphatic rings. The molecule has 0 unspecified atom stereocenters. The lowest BCUT2D eigenvalue weighted by molar-refractivity contribution is -0.135. The fourth-order valence-corrected chi connectivity index (χ4v) is 2.87. The van der Waals surface area contributed by atoms with E-state index in [1.54, 1.807) is 19.0 Å². The number of amides is 4. The van der Waals surface area contributed by atoms with Gasteiger partial charge in [0, 0.05) is 27.7 Å². The third-order valence-electron chi connectivity index (χ3n) is 4.70. The Hall–Kier alpha value is -2.57. The predicted molar refractivity (Wildman–Crippen MR) is 98.0 cm³/mol. The summed E-state index contributed by atoms with van der Waals surface area (Å²) in [7, 11) is 4.67. The molecule has 1 aromatic carbocycles. The number of hydrogen-bond acceptors (Lipinski definition) is 4. The molecule has 26 heavy (non-hydrogen) atoms. The lowest BCUT2D eigenvalue weighted by atomic mass is 10.1. The Kier molecular flexibility index (Phi) is 6.23. The molecule has 1 fully saturated rings. The van der Waals surface area contributed by atoms with Crippen LogP contribution in [0, 0.1) is 13.8 Å². The Labute approximate surface area is 154 Å². The third-order valence-corrected chi connectivity index (χ3v) is 4.70. The minimum Gasteiger partial charge on any atom is -0.493 e. The molecule has 0 saturated carbocycles. The van der Waals surface area contributed by atoms with E-state index in [9.17, 15) is 14.4 Å². The first-order valence-electron chi connectivity index (χ1n) is 8.70. The number of rotatable bonds is 7. The third kappa shape index (κ3) is 4.33. The molecule has 1 aromatic rings. The number of imide groups is 1. The van der Waals surface area contributed by atoms with E-state index in [0.29, 0.717) is 19.6 Å². The number of hydrogen-bond donors (Lipinski definition) is 0. The molecule has 7 heteroatoms. The average Bonchev–Trinajstić information content (AvgIpc) is 2.79. The number of benzene rings is 1. The van der Waals surface area contributed by atoms with Gasteiger partial charge < -0.3 is 14.5 Å². The quantitative estimate of drug-likeness (QED) is 0.549. The largest absolute Gasteiger partial charge is 0.493 e. The van der Waals surface area contributed by atoms with Crippen LogP contribution in [-0.4, -0.2) is 72.9 Å². The van der Waals surface area contributed by atoms with Crippen molar-refractivity contribution in [3.63, 3.8) is 0 Å². The fraction of sp³-hybridized carbons (Fsp3) is 0.526. The number of carbonyl (C=O) groups excluding carboxylic acids is 3. The second kappa shape index (κ2) is 8.21. The topological polar surface area (TPSA) is 70.2 Å². The summed E-state index contributed by atoms with van der Waals surface area (Å²) in [5.74, 6) is 0.362. The van der Waals surface area contributed by atoms with Gasteiger partial charge in [-0.25, -0.2) is 4.79 Å². The summed E-state index contributed by atoms with van der Waals surface area (Å²) in [6, 6.07) is 4.97. The number of carbonyl (C=O) groups is 3. The van der Waals surface area contributed by atoms with Crippen molar-refractivity contribution in [1.29, 1.82) is 0 Å². The molecule has 0 spiro atoms. The maximum absolute atomic E-state index is 12.3. The van der Waals surface area contributed by atoms with Gasteiger partial charge in [0.2, 0.25) is 5.91 Å². The number of likely N-dealkylation sites (N-methyl/N-ethyl adjacent to an activating group) is 2. The first kappa shape index (κ1) is 19.8. The van der Waals surface area contributed by atoms with Gasteiger partial charge in [0.15, 0.2) is 0 Å². The Bertz CT molecular complexity index is 704. The zero-order valence-electron chi connectivity index (χ0n) is 16.1. The normalized spacial score (nSPS) is 17.0. The van der Waals surface area contributed by atoms with E-state index in [2.05, 4.69) is 0 Å². The van der Waals surface area contributed by atoms with Crippen molar-refractivity contribution in [1.82, 2.24) is 14.7 Å². The molecule has 1 atom stereocenters. The minimum atomic E-state index is -0.714. The smallest absolute Gasteiger partial charge is 0.326 e. The molecular weight excluding hydrogens is 334 g/mol. The van der Waals surface area contributed by atoms with Crippen molar-refractivity contribution in [3.8, 4) is 5.75 Å². The highest BCUT2D eigenvalue weighted by Gasteiger charge is 2.42. The van der Waals surface area contributed by atoms with Gasteiger partial charge in [-0.05, 0) is 37.5 Å². The van der Waals surface area contributed by atoms with Crippen molar-refractivity contribution in [2.45, 2.75) is 32.7 Å². The molecule has 0 radical (unpaired) electrons. The van der Waals surface area contributed by atoms with Crippen molar-refractivity contribution in [2.75, 3.05) is 34.3 Å². The van der Waals surface area contributed by atoms with E-state index in [-0.39, 0.29) is 24.3 Å². The Morgan fingerprint density at radius 3 is 2.54 bits per heavy atom. The highest BCUT2D eigenvalue weighted by Crippen LogP contribution is 2.19. The van der Waals surface area contributed by atoms with Crippen LogP contribution < -0.4 is 4.74 Å². The van der Waals surface area contributed by atoms with E-state index in [1.807, 2.05) is 32.0 Å². The van der Waals surface area contributed by atoms with Crippen LogP contribution in [0.4, 0.5) is 4.79 Å². The number of aryl methyl sites for hydroxylation is 2. The van der Waals surface area contributed by atoms with Gasteiger partial charge in [0.25, 0.3) is 5.91 Å². The highest BCUT2D eigenvalue weighted by molar-refractivity contribution is 6.05. The summed E-state index contributed by atoms with van der Waals surface area (Å²) in [5, 5.41) is 0. The van der Waals surface area contributed by atoms with E-state index < -0.39 is 6.04 Å². The van der Waals surface area contributed by atoms with Gasteiger partial charge in [-0.2, -0.15) is 0 Å². The first-order chi connectivity index (χ1) is 12.2. The second-order valence-electron chi connectivity index (χ2n) is 6.80. The summed E-state index contributed by atoms with van der Waals surface area (Å²) in [6.07, 6.45) is 0.683. The molecule has 7 nitrogen and oxygen atoms in total. The summed E-state index contributed by atoms with van der Waals surface area (Å²) in [6.45, 7) is 5.05. The van der Waals surface area contributed by atoms with Crippen LogP contribution >= 0.6 is 0 Å². The van der Waals surface area contributed by atoms with Crippen molar-refractivity contribution in [2.24, 2.45) is 0 Å². The zero-order chi connectivity index (χ0) is 19.4. The van der Waals surface area contributed by atoms with Crippen molar-refractivity contribution in [3.05, 3.63) is 29.3 Å². The van der Waals surface area contributed by atoms with Crippen molar-refractivity contribution >= 4 is 17.8 Å². The van der Waals surface area contributed by atoms with E-state index in [1.165, 1.54) is 11.9 Å². The molecule has 0 bridgehead atoms.